The van der Waals surface area contributed by atoms with E-state index in [1.165, 1.54) is 29.7 Å². The van der Waals surface area contributed by atoms with Gasteiger partial charge in [-0.05, 0) is 37.5 Å². The quantitative estimate of drug-likeness (QED) is 0.919. The van der Waals surface area contributed by atoms with Gasteiger partial charge in [0, 0.05) is 37.1 Å². The van der Waals surface area contributed by atoms with Crippen LogP contribution in [-0.2, 0) is 13.0 Å². The van der Waals surface area contributed by atoms with Gasteiger partial charge in [0.1, 0.15) is 5.82 Å². The van der Waals surface area contributed by atoms with E-state index in [0.29, 0.717) is 0 Å². The molecule has 1 aromatic carbocycles. The number of aryl methyl sites for hydroxylation is 1. The molecule has 3 rings (SSSR count). The van der Waals surface area contributed by atoms with Gasteiger partial charge in [-0.2, -0.15) is 0 Å². The van der Waals surface area contributed by atoms with Crippen molar-refractivity contribution in [1.82, 2.24) is 4.98 Å². The Hall–Kier alpha value is -2.03. The predicted molar refractivity (Wildman–Crippen MR) is 84.2 cm³/mol. The van der Waals surface area contributed by atoms with Crippen LogP contribution < -0.4 is 10.2 Å². The average molecular weight is 267 g/mol. The highest BCUT2D eigenvalue weighted by Gasteiger charge is 2.17. The SMILES string of the molecule is CCNc1ncccc1CN1CCCc2ccccc21. The molecule has 0 fully saturated rings. The van der Waals surface area contributed by atoms with Crippen LogP contribution in [0.5, 0.6) is 0 Å². The zero-order valence-corrected chi connectivity index (χ0v) is 12.0. The Bertz CT molecular complexity index is 580. The smallest absolute Gasteiger partial charge is 0.130 e. The number of anilines is 2. The molecular formula is C17H21N3. The van der Waals surface area contributed by atoms with Crippen molar-refractivity contribution in [2.24, 2.45) is 0 Å². The number of pyridine rings is 1. The fraction of sp³-hybridized carbons (Fsp3) is 0.353. The lowest BCUT2D eigenvalue weighted by molar-refractivity contribution is 0.690. The molecule has 0 radical (unpaired) electrons. The highest BCUT2D eigenvalue weighted by molar-refractivity contribution is 5.57. The Labute approximate surface area is 120 Å². The van der Waals surface area contributed by atoms with Gasteiger partial charge in [0.05, 0.1) is 0 Å². The molecule has 20 heavy (non-hydrogen) atoms. The summed E-state index contributed by atoms with van der Waals surface area (Å²) in [7, 11) is 0. The largest absolute Gasteiger partial charge is 0.370 e. The summed E-state index contributed by atoms with van der Waals surface area (Å²) in [6, 6.07) is 12.9. The minimum atomic E-state index is 0.903. The molecule has 1 aliphatic rings. The molecular weight excluding hydrogens is 246 g/mol. The molecule has 3 heteroatoms. The number of nitrogens with one attached hydrogen (secondary N) is 1. The van der Waals surface area contributed by atoms with E-state index < -0.39 is 0 Å². The third-order valence-corrected chi connectivity index (χ3v) is 3.80. The van der Waals surface area contributed by atoms with Crippen LogP contribution in [-0.4, -0.2) is 18.1 Å². The third kappa shape index (κ3) is 2.62. The Morgan fingerprint density at radius 2 is 2.10 bits per heavy atom. The van der Waals surface area contributed by atoms with Crippen molar-refractivity contribution in [2.75, 3.05) is 23.3 Å². The first-order valence-corrected chi connectivity index (χ1v) is 7.39. The highest BCUT2D eigenvalue weighted by Crippen LogP contribution is 2.28. The van der Waals surface area contributed by atoms with E-state index in [1.807, 2.05) is 12.3 Å². The van der Waals surface area contributed by atoms with E-state index in [2.05, 4.69) is 52.5 Å². The molecule has 1 aliphatic heterocycles. The van der Waals surface area contributed by atoms with Gasteiger partial charge in [0.2, 0.25) is 0 Å². The molecule has 0 saturated carbocycles. The third-order valence-electron chi connectivity index (χ3n) is 3.80. The first kappa shape index (κ1) is 13.0. The van der Waals surface area contributed by atoms with E-state index in [9.17, 15) is 0 Å². The molecule has 1 N–H and O–H groups in total. The van der Waals surface area contributed by atoms with Gasteiger partial charge in [0.15, 0.2) is 0 Å². The van der Waals surface area contributed by atoms with E-state index in [-0.39, 0.29) is 0 Å². The summed E-state index contributed by atoms with van der Waals surface area (Å²) in [6.45, 7) is 5.06. The number of fused-ring (bicyclic) bond motifs is 1. The highest BCUT2D eigenvalue weighted by atomic mass is 15.1. The van der Waals surface area contributed by atoms with Crippen LogP contribution >= 0.6 is 0 Å². The number of nitrogens with zero attached hydrogens (tertiary/aromatic N) is 2. The van der Waals surface area contributed by atoms with Gasteiger partial charge in [-0.1, -0.05) is 24.3 Å². The minimum absolute atomic E-state index is 0.903. The summed E-state index contributed by atoms with van der Waals surface area (Å²) in [5, 5.41) is 3.35. The monoisotopic (exact) mass is 267 g/mol. The van der Waals surface area contributed by atoms with Crippen molar-refractivity contribution >= 4 is 11.5 Å². The number of para-hydroxylation sites is 1. The molecule has 2 aromatic rings. The van der Waals surface area contributed by atoms with Gasteiger partial charge in [-0.15, -0.1) is 0 Å². The van der Waals surface area contributed by atoms with Crippen molar-refractivity contribution in [2.45, 2.75) is 26.3 Å². The summed E-state index contributed by atoms with van der Waals surface area (Å²) in [6.07, 6.45) is 4.28. The maximum absolute atomic E-state index is 4.45. The number of hydrogen-bond donors (Lipinski definition) is 1. The standard InChI is InChI=1S/C17H21N3/c1-2-18-17-15(8-5-11-19-17)13-20-12-6-9-14-7-3-4-10-16(14)20/h3-5,7-8,10-11H,2,6,9,12-13H2,1H3,(H,18,19). The Morgan fingerprint density at radius 1 is 1.20 bits per heavy atom. The molecule has 3 nitrogen and oxygen atoms in total. The van der Waals surface area contributed by atoms with Crippen LogP contribution in [0.25, 0.3) is 0 Å². The number of aromatic nitrogens is 1. The van der Waals surface area contributed by atoms with Gasteiger partial charge >= 0.3 is 0 Å². The molecule has 0 aliphatic carbocycles. The number of benzene rings is 1. The normalized spacial score (nSPS) is 13.9. The molecule has 2 heterocycles. The van der Waals surface area contributed by atoms with E-state index in [0.717, 1.165) is 25.5 Å². The first-order chi connectivity index (χ1) is 9.88. The fourth-order valence-corrected chi connectivity index (χ4v) is 2.87. The minimum Gasteiger partial charge on any atom is -0.370 e. The first-order valence-electron chi connectivity index (χ1n) is 7.39. The van der Waals surface area contributed by atoms with E-state index >= 15 is 0 Å². The zero-order valence-electron chi connectivity index (χ0n) is 12.0. The lowest BCUT2D eigenvalue weighted by Gasteiger charge is -2.31. The lowest BCUT2D eigenvalue weighted by Crippen LogP contribution is -2.29. The van der Waals surface area contributed by atoms with Crippen molar-refractivity contribution in [3.8, 4) is 0 Å². The topological polar surface area (TPSA) is 28.2 Å². The maximum Gasteiger partial charge on any atom is 0.130 e. The van der Waals surface area contributed by atoms with E-state index in [4.69, 9.17) is 0 Å². The van der Waals surface area contributed by atoms with Crippen LogP contribution in [0.3, 0.4) is 0 Å². The average Bonchev–Trinajstić information content (AvgIpc) is 2.50. The molecule has 0 spiro atoms. The Morgan fingerprint density at radius 3 is 3.00 bits per heavy atom. The van der Waals surface area contributed by atoms with Crippen molar-refractivity contribution in [3.63, 3.8) is 0 Å². The van der Waals surface area contributed by atoms with Crippen LogP contribution in [0.15, 0.2) is 42.6 Å². The molecule has 104 valence electrons. The van der Waals surface area contributed by atoms with Gasteiger partial charge in [-0.3, -0.25) is 0 Å². The predicted octanol–water partition coefficient (Wildman–Crippen LogP) is 3.47. The summed E-state index contributed by atoms with van der Waals surface area (Å²) in [5.41, 5.74) is 4.11. The van der Waals surface area contributed by atoms with Crippen molar-refractivity contribution in [1.29, 1.82) is 0 Å². The number of rotatable bonds is 4. The summed E-state index contributed by atoms with van der Waals surface area (Å²) in [4.78, 5) is 6.92. The lowest BCUT2D eigenvalue weighted by atomic mass is 10.0. The van der Waals surface area contributed by atoms with Gasteiger partial charge < -0.3 is 10.2 Å². The molecule has 1 aromatic heterocycles. The number of hydrogen-bond acceptors (Lipinski definition) is 3. The second-order valence-electron chi connectivity index (χ2n) is 5.20. The summed E-state index contributed by atoms with van der Waals surface area (Å²) >= 11 is 0. The maximum atomic E-state index is 4.45. The molecule has 0 unspecified atom stereocenters. The Balaban J connectivity index is 1.86. The summed E-state index contributed by atoms with van der Waals surface area (Å²) < 4.78 is 0. The molecule has 0 amide bonds. The molecule has 0 atom stereocenters. The van der Waals surface area contributed by atoms with Crippen molar-refractivity contribution < 1.29 is 0 Å². The molecule has 0 bridgehead atoms. The van der Waals surface area contributed by atoms with Gasteiger partial charge in [0.25, 0.3) is 0 Å². The van der Waals surface area contributed by atoms with Crippen LogP contribution in [0.2, 0.25) is 0 Å². The zero-order chi connectivity index (χ0) is 13.8. The van der Waals surface area contributed by atoms with Gasteiger partial charge in [-0.25, -0.2) is 4.98 Å². The fourth-order valence-electron chi connectivity index (χ4n) is 2.87. The Kier molecular flexibility index (Phi) is 3.86. The van der Waals surface area contributed by atoms with Crippen LogP contribution in [0, 0.1) is 0 Å². The molecule has 0 saturated heterocycles. The van der Waals surface area contributed by atoms with Crippen LogP contribution in [0.4, 0.5) is 11.5 Å². The second-order valence-corrected chi connectivity index (χ2v) is 5.20. The summed E-state index contributed by atoms with van der Waals surface area (Å²) in [5.74, 6) is 1.01. The van der Waals surface area contributed by atoms with Crippen molar-refractivity contribution in [3.05, 3.63) is 53.7 Å². The van der Waals surface area contributed by atoms with E-state index in [1.54, 1.807) is 0 Å². The van der Waals surface area contributed by atoms with Crippen LogP contribution in [0.1, 0.15) is 24.5 Å². The second kappa shape index (κ2) is 5.95.